The fourth-order valence-corrected chi connectivity index (χ4v) is 7.27. The molecule has 2 aromatic carbocycles. The van der Waals surface area contributed by atoms with E-state index in [9.17, 15) is 23.1 Å². The maximum atomic E-state index is 13.4. The molecule has 5 rings (SSSR count). The molecule has 3 aliphatic rings. The molecule has 0 spiro atoms. The number of aliphatic hydroxyl groups excluding tert-OH is 1. The summed E-state index contributed by atoms with van der Waals surface area (Å²) in [7, 11) is -3.75. The van der Waals surface area contributed by atoms with Gasteiger partial charge in [-0.05, 0) is 43.9 Å². The molecule has 3 heterocycles. The fraction of sp³-hybridized carbons (Fsp3) is 0.467. The molecule has 1 unspecified atom stereocenters. The number of carbonyl (C=O) groups excluding carboxylic acids is 2. The van der Waals surface area contributed by atoms with Gasteiger partial charge in [0.1, 0.15) is 5.76 Å². The molecule has 1 N–H and O–H groups in total. The fourth-order valence-electron chi connectivity index (χ4n) is 5.71. The summed E-state index contributed by atoms with van der Waals surface area (Å²) >= 11 is 0. The highest BCUT2D eigenvalue weighted by molar-refractivity contribution is 7.89. The van der Waals surface area contributed by atoms with Gasteiger partial charge in [-0.1, -0.05) is 48.4 Å². The smallest absolute Gasteiger partial charge is 0.295 e. The highest BCUT2D eigenvalue weighted by atomic mass is 32.2. The minimum Gasteiger partial charge on any atom is -0.507 e. The Labute approximate surface area is 236 Å². The van der Waals surface area contributed by atoms with Crippen molar-refractivity contribution in [2.45, 2.75) is 43.5 Å². The number of rotatable bonds is 8. The van der Waals surface area contributed by atoms with Crippen molar-refractivity contribution in [1.82, 2.24) is 14.1 Å². The van der Waals surface area contributed by atoms with Gasteiger partial charge in [0, 0.05) is 44.8 Å². The lowest BCUT2D eigenvalue weighted by atomic mass is 9.94. The molecule has 40 heavy (non-hydrogen) atoms. The van der Waals surface area contributed by atoms with E-state index >= 15 is 0 Å². The van der Waals surface area contributed by atoms with Crippen molar-refractivity contribution in [3.05, 3.63) is 70.8 Å². The van der Waals surface area contributed by atoms with Crippen LogP contribution in [0.25, 0.3) is 5.76 Å². The van der Waals surface area contributed by atoms with Crippen LogP contribution in [-0.4, -0.2) is 91.8 Å². The number of hydrogen-bond acceptors (Lipinski definition) is 7. The van der Waals surface area contributed by atoms with Crippen molar-refractivity contribution in [2.75, 3.05) is 52.5 Å². The van der Waals surface area contributed by atoms with Crippen LogP contribution < -0.4 is 0 Å². The molecule has 0 aromatic heterocycles. The highest BCUT2D eigenvalue weighted by Crippen LogP contribution is 2.40. The van der Waals surface area contributed by atoms with E-state index in [4.69, 9.17) is 4.74 Å². The van der Waals surface area contributed by atoms with E-state index in [-0.39, 0.29) is 21.8 Å². The number of morpholine rings is 1. The first-order valence-electron chi connectivity index (χ1n) is 14.0. The van der Waals surface area contributed by atoms with E-state index in [1.807, 2.05) is 31.2 Å². The topological polar surface area (TPSA) is 107 Å². The van der Waals surface area contributed by atoms with Crippen LogP contribution in [0.1, 0.15) is 48.4 Å². The van der Waals surface area contributed by atoms with Crippen molar-refractivity contribution in [2.24, 2.45) is 0 Å². The number of benzene rings is 2. The largest absolute Gasteiger partial charge is 0.507 e. The monoisotopic (exact) mass is 567 g/mol. The first kappa shape index (κ1) is 28.5. The average Bonchev–Trinajstić information content (AvgIpc) is 3.23. The number of Topliss-reactive ketones (excluding diaryl/α,β-unsaturated/α-hetero) is 1. The van der Waals surface area contributed by atoms with Crippen LogP contribution in [0.4, 0.5) is 0 Å². The molecule has 0 aliphatic carbocycles. The van der Waals surface area contributed by atoms with E-state index < -0.39 is 27.8 Å². The summed E-state index contributed by atoms with van der Waals surface area (Å²) in [4.78, 5) is 30.6. The molecular formula is C30H37N3O6S. The van der Waals surface area contributed by atoms with Crippen molar-refractivity contribution in [3.8, 4) is 0 Å². The minimum absolute atomic E-state index is 0.0206. The summed E-state index contributed by atoms with van der Waals surface area (Å²) in [5, 5.41) is 11.5. The maximum absolute atomic E-state index is 13.4. The number of carbonyl (C=O) groups is 2. The average molecular weight is 568 g/mol. The predicted molar refractivity (Wildman–Crippen MR) is 151 cm³/mol. The number of ether oxygens (including phenoxy) is 1. The third-order valence-corrected chi connectivity index (χ3v) is 9.87. The molecule has 0 radical (unpaired) electrons. The molecule has 9 nitrogen and oxygen atoms in total. The van der Waals surface area contributed by atoms with Crippen LogP contribution in [0.5, 0.6) is 0 Å². The zero-order valence-electron chi connectivity index (χ0n) is 22.9. The van der Waals surface area contributed by atoms with Gasteiger partial charge in [0.25, 0.3) is 11.7 Å². The van der Waals surface area contributed by atoms with Crippen LogP contribution in [-0.2, 0) is 24.3 Å². The normalized spacial score (nSPS) is 22.6. The Kier molecular flexibility index (Phi) is 8.70. The molecule has 3 saturated heterocycles. The second-order valence-corrected chi connectivity index (χ2v) is 12.6. The number of aryl methyl sites for hydroxylation is 1. The van der Waals surface area contributed by atoms with Crippen LogP contribution >= 0.6 is 0 Å². The third kappa shape index (κ3) is 5.85. The van der Waals surface area contributed by atoms with E-state index in [1.54, 1.807) is 12.1 Å². The van der Waals surface area contributed by atoms with Crippen molar-refractivity contribution < 1.29 is 27.9 Å². The summed E-state index contributed by atoms with van der Waals surface area (Å²) < 4.78 is 33.5. The van der Waals surface area contributed by atoms with Gasteiger partial charge >= 0.3 is 0 Å². The van der Waals surface area contributed by atoms with E-state index in [0.29, 0.717) is 39.3 Å². The first-order chi connectivity index (χ1) is 19.3. The summed E-state index contributed by atoms with van der Waals surface area (Å²) in [6, 6.07) is 12.8. The maximum Gasteiger partial charge on any atom is 0.295 e. The minimum atomic E-state index is -3.75. The van der Waals surface area contributed by atoms with Crippen molar-refractivity contribution in [3.63, 3.8) is 0 Å². The zero-order chi connectivity index (χ0) is 28.3. The lowest BCUT2D eigenvalue weighted by Crippen LogP contribution is -2.38. The summed E-state index contributed by atoms with van der Waals surface area (Å²) in [6.07, 6.45) is 3.28. The van der Waals surface area contributed by atoms with Gasteiger partial charge in [0.15, 0.2) is 0 Å². The van der Waals surface area contributed by atoms with Gasteiger partial charge in [-0.25, -0.2) is 8.42 Å². The van der Waals surface area contributed by atoms with Gasteiger partial charge in [-0.2, -0.15) is 4.31 Å². The number of ketones is 1. The SMILES string of the molecule is Cc1ccc(C2/C(=C(\O)c3cccc(S(=O)(=O)N4CCCCC4)c3)C(=O)C(=O)N2CCCN2CCOCC2)cc1. The Hall–Kier alpha value is -3.05. The molecular weight excluding hydrogens is 530 g/mol. The number of amides is 1. The Morgan fingerprint density at radius 1 is 0.950 bits per heavy atom. The molecule has 214 valence electrons. The molecule has 1 amide bonds. The van der Waals surface area contributed by atoms with Gasteiger partial charge < -0.3 is 14.7 Å². The quantitative estimate of drug-likeness (QED) is 0.296. The molecule has 0 bridgehead atoms. The first-order valence-corrected chi connectivity index (χ1v) is 15.5. The molecule has 1 atom stereocenters. The van der Waals surface area contributed by atoms with Crippen LogP contribution in [0.15, 0.2) is 59.0 Å². The van der Waals surface area contributed by atoms with Crippen LogP contribution in [0.3, 0.4) is 0 Å². The predicted octanol–water partition coefficient (Wildman–Crippen LogP) is 3.31. The Bertz CT molecular complexity index is 1380. The number of nitrogens with zero attached hydrogens (tertiary/aromatic N) is 3. The summed E-state index contributed by atoms with van der Waals surface area (Å²) in [6.45, 7) is 7.01. The van der Waals surface area contributed by atoms with Crippen molar-refractivity contribution in [1.29, 1.82) is 0 Å². The molecule has 3 aliphatic heterocycles. The number of piperidine rings is 1. The van der Waals surface area contributed by atoms with E-state index in [2.05, 4.69) is 4.90 Å². The van der Waals surface area contributed by atoms with Gasteiger partial charge in [0.2, 0.25) is 10.0 Å². The number of aliphatic hydroxyl groups is 1. The Morgan fingerprint density at radius 3 is 2.35 bits per heavy atom. The standard InChI is InChI=1S/C30H37N3O6S/c1-22-9-11-23(12-10-22)27-26(29(35)30(36)33(27)16-6-13-31-17-19-39-20-18-31)28(34)24-7-5-8-25(21-24)40(37,38)32-14-3-2-4-15-32/h5,7-12,21,27,34H,2-4,6,13-20H2,1H3/b28-26+. The number of sulfonamides is 1. The lowest BCUT2D eigenvalue weighted by Gasteiger charge is -2.29. The lowest BCUT2D eigenvalue weighted by molar-refractivity contribution is -0.140. The van der Waals surface area contributed by atoms with Crippen LogP contribution in [0, 0.1) is 6.92 Å². The zero-order valence-corrected chi connectivity index (χ0v) is 23.7. The molecule has 10 heteroatoms. The Balaban J connectivity index is 1.48. The van der Waals surface area contributed by atoms with Gasteiger partial charge in [-0.3, -0.25) is 14.5 Å². The molecule has 0 saturated carbocycles. The Morgan fingerprint density at radius 2 is 1.65 bits per heavy atom. The van der Waals surface area contributed by atoms with Gasteiger partial charge in [-0.15, -0.1) is 0 Å². The number of likely N-dealkylation sites (tertiary alicyclic amines) is 1. The van der Waals surface area contributed by atoms with Gasteiger partial charge in [0.05, 0.1) is 29.7 Å². The summed E-state index contributed by atoms with van der Waals surface area (Å²) in [5.41, 5.74) is 1.92. The van der Waals surface area contributed by atoms with Crippen LogP contribution in [0.2, 0.25) is 0 Å². The third-order valence-electron chi connectivity index (χ3n) is 7.97. The second kappa shape index (κ2) is 12.2. The van der Waals surface area contributed by atoms with E-state index in [0.717, 1.165) is 50.0 Å². The molecule has 2 aromatic rings. The highest BCUT2D eigenvalue weighted by Gasteiger charge is 2.46. The number of hydrogen-bond donors (Lipinski definition) is 1. The van der Waals surface area contributed by atoms with E-state index in [1.165, 1.54) is 21.3 Å². The second-order valence-electron chi connectivity index (χ2n) is 10.7. The summed E-state index contributed by atoms with van der Waals surface area (Å²) in [5.74, 6) is -1.79. The van der Waals surface area contributed by atoms with Crippen molar-refractivity contribution >= 4 is 27.5 Å². The molecule has 3 fully saturated rings.